The highest BCUT2D eigenvalue weighted by molar-refractivity contribution is 6.23. The molecule has 3 aromatic carbocycles. The van der Waals surface area contributed by atoms with E-state index in [9.17, 15) is 20.3 Å². The minimum Gasteiger partial charge on any atom is -0.508 e. The molecular weight excluding hydrogens is 358 g/mol. The first-order chi connectivity index (χ1) is 13.0. The number of nitrogens with zero attached hydrogens (tertiary/aromatic N) is 1. The molecule has 0 spiro atoms. The number of esters is 1. The van der Waals surface area contributed by atoms with Gasteiger partial charge in [-0.3, -0.25) is 10.4 Å². The van der Waals surface area contributed by atoms with Gasteiger partial charge in [-0.2, -0.15) is 0 Å². The molecule has 27 heavy (non-hydrogen) atoms. The van der Waals surface area contributed by atoms with E-state index >= 15 is 0 Å². The standard InChI is InChI=1S/C18H15NO8/c1-24-13-4-8(20)3-10-9(13)5-12(19(22)23)15-11(18(21)25-2)6-14-17(16(10)15)27-7-26-14/h3-6,20,22-23H,7H2,1-2H3. The fourth-order valence-electron chi connectivity index (χ4n) is 3.34. The number of hydrogen-bond donors (Lipinski definition) is 3. The van der Waals surface area contributed by atoms with E-state index in [0.29, 0.717) is 33.4 Å². The van der Waals surface area contributed by atoms with Crippen molar-refractivity contribution in [1.29, 1.82) is 0 Å². The van der Waals surface area contributed by atoms with Gasteiger partial charge in [0.2, 0.25) is 6.79 Å². The predicted octanol–water partition coefficient (Wildman–Crippen LogP) is 2.81. The molecule has 0 atom stereocenters. The number of phenolic OH excluding ortho intramolecular Hbond substituents is 1. The molecule has 0 amide bonds. The normalized spacial score (nSPS) is 12.4. The van der Waals surface area contributed by atoms with Crippen LogP contribution in [0.15, 0.2) is 24.3 Å². The molecule has 0 radical (unpaired) electrons. The molecule has 3 N–H and O–H groups in total. The number of hydrogen-bond acceptors (Lipinski definition) is 9. The summed E-state index contributed by atoms with van der Waals surface area (Å²) in [6, 6.07) is 5.69. The van der Waals surface area contributed by atoms with Crippen molar-refractivity contribution in [2.75, 3.05) is 26.2 Å². The Balaban J connectivity index is 2.31. The number of carbonyl (C=O) groups excluding carboxylic acids is 1. The number of anilines is 1. The summed E-state index contributed by atoms with van der Waals surface area (Å²) in [5, 5.41) is 31.1. The smallest absolute Gasteiger partial charge is 0.338 e. The highest BCUT2D eigenvalue weighted by Crippen LogP contribution is 2.49. The van der Waals surface area contributed by atoms with Crippen LogP contribution in [0.1, 0.15) is 10.4 Å². The van der Waals surface area contributed by atoms with Crippen LogP contribution in [-0.4, -0.2) is 42.5 Å². The van der Waals surface area contributed by atoms with Crippen LogP contribution in [0, 0.1) is 0 Å². The van der Waals surface area contributed by atoms with E-state index in [-0.39, 0.29) is 34.4 Å². The average molecular weight is 373 g/mol. The van der Waals surface area contributed by atoms with Crippen molar-refractivity contribution < 1.29 is 39.3 Å². The summed E-state index contributed by atoms with van der Waals surface area (Å²) < 4.78 is 21.1. The number of ether oxygens (including phenoxy) is 4. The van der Waals surface area contributed by atoms with Gasteiger partial charge in [-0.25, -0.2) is 4.79 Å². The molecule has 0 aliphatic carbocycles. The second kappa shape index (κ2) is 6.08. The number of rotatable bonds is 3. The van der Waals surface area contributed by atoms with Crippen molar-refractivity contribution in [2.24, 2.45) is 0 Å². The first-order valence-electron chi connectivity index (χ1n) is 7.82. The third-order valence-corrected chi connectivity index (χ3v) is 4.44. The first kappa shape index (κ1) is 17.0. The number of methoxy groups -OCH3 is 2. The molecule has 0 aromatic heterocycles. The Bertz CT molecular complexity index is 1090. The molecule has 1 heterocycles. The van der Waals surface area contributed by atoms with Crippen LogP contribution in [0.2, 0.25) is 0 Å². The Morgan fingerprint density at radius 3 is 2.52 bits per heavy atom. The molecule has 9 nitrogen and oxygen atoms in total. The van der Waals surface area contributed by atoms with E-state index in [1.54, 1.807) is 0 Å². The Kier molecular flexibility index (Phi) is 3.83. The van der Waals surface area contributed by atoms with Crippen molar-refractivity contribution in [2.45, 2.75) is 0 Å². The van der Waals surface area contributed by atoms with E-state index < -0.39 is 5.97 Å². The van der Waals surface area contributed by atoms with Crippen LogP contribution in [0.25, 0.3) is 21.5 Å². The number of benzene rings is 3. The first-order valence-corrected chi connectivity index (χ1v) is 7.82. The Hall–Kier alpha value is -3.43. The lowest BCUT2D eigenvalue weighted by atomic mass is 9.94. The van der Waals surface area contributed by atoms with Gasteiger partial charge in [0.1, 0.15) is 17.2 Å². The third kappa shape index (κ3) is 2.44. The molecule has 0 saturated heterocycles. The van der Waals surface area contributed by atoms with Crippen molar-refractivity contribution in [3.63, 3.8) is 0 Å². The molecule has 3 aromatic rings. The zero-order chi connectivity index (χ0) is 19.3. The topological polar surface area (TPSA) is 118 Å². The second-order valence-electron chi connectivity index (χ2n) is 5.83. The number of fused-ring (bicyclic) bond motifs is 5. The van der Waals surface area contributed by atoms with E-state index in [1.807, 2.05) is 0 Å². The van der Waals surface area contributed by atoms with Crippen LogP contribution >= 0.6 is 0 Å². The quantitative estimate of drug-likeness (QED) is 0.362. The zero-order valence-electron chi connectivity index (χ0n) is 14.3. The Morgan fingerprint density at radius 1 is 1.07 bits per heavy atom. The van der Waals surface area contributed by atoms with Crippen molar-refractivity contribution in [3.05, 3.63) is 29.8 Å². The number of aromatic hydroxyl groups is 1. The molecule has 0 bridgehead atoms. The minimum absolute atomic E-state index is 0.0454. The lowest BCUT2D eigenvalue weighted by molar-refractivity contribution is 0.0300. The van der Waals surface area contributed by atoms with Crippen LogP contribution in [0.3, 0.4) is 0 Å². The Morgan fingerprint density at radius 2 is 1.85 bits per heavy atom. The fraction of sp³-hybridized carbons (Fsp3) is 0.167. The molecule has 1 aliphatic rings. The minimum atomic E-state index is -0.701. The lowest BCUT2D eigenvalue weighted by Gasteiger charge is -2.18. The van der Waals surface area contributed by atoms with Gasteiger partial charge in [0.25, 0.3) is 0 Å². The monoisotopic (exact) mass is 373 g/mol. The van der Waals surface area contributed by atoms with Crippen LogP contribution < -0.4 is 19.4 Å². The third-order valence-electron chi connectivity index (χ3n) is 4.44. The SMILES string of the molecule is COC(=O)c1cc2c(c3c1c(N(O)O)cc1c(OC)cc(O)cc13)OCO2. The highest BCUT2D eigenvalue weighted by Gasteiger charge is 2.28. The summed E-state index contributed by atoms with van der Waals surface area (Å²) in [7, 11) is 2.63. The maximum atomic E-state index is 12.4. The van der Waals surface area contributed by atoms with E-state index in [2.05, 4.69) is 0 Å². The average Bonchev–Trinajstić information content (AvgIpc) is 3.13. The van der Waals surface area contributed by atoms with Gasteiger partial charge < -0.3 is 24.1 Å². The van der Waals surface area contributed by atoms with Gasteiger partial charge in [0, 0.05) is 27.6 Å². The number of phenols is 1. The van der Waals surface area contributed by atoms with Gasteiger partial charge in [0.05, 0.1) is 19.8 Å². The molecule has 4 rings (SSSR count). The van der Waals surface area contributed by atoms with Crippen LogP contribution in [-0.2, 0) is 4.74 Å². The largest absolute Gasteiger partial charge is 0.508 e. The maximum absolute atomic E-state index is 12.4. The van der Waals surface area contributed by atoms with Crippen molar-refractivity contribution >= 4 is 33.2 Å². The van der Waals surface area contributed by atoms with Gasteiger partial charge in [-0.1, -0.05) is 0 Å². The zero-order valence-corrected chi connectivity index (χ0v) is 14.3. The summed E-state index contributed by atoms with van der Waals surface area (Å²) in [6.45, 7) is -0.0707. The van der Waals surface area contributed by atoms with Crippen LogP contribution in [0.5, 0.6) is 23.0 Å². The van der Waals surface area contributed by atoms with E-state index in [0.717, 1.165) is 0 Å². The molecule has 0 fully saturated rings. The maximum Gasteiger partial charge on any atom is 0.338 e. The van der Waals surface area contributed by atoms with Crippen LogP contribution in [0.4, 0.5) is 5.69 Å². The number of carbonyl (C=O) groups is 1. The summed E-state index contributed by atoms with van der Waals surface area (Å²) >= 11 is 0. The molecule has 9 heteroatoms. The van der Waals surface area contributed by atoms with E-state index in [4.69, 9.17) is 18.9 Å². The lowest BCUT2D eigenvalue weighted by Crippen LogP contribution is -2.13. The van der Waals surface area contributed by atoms with Gasteiger partial charge in [0.15, 0.2) is 11.5 Å². The van der Waals surface area contributed by atoms with Crippen molar-refractivity contribution in [3.8, 4) is 23.0 Å². The van der Waals surface area contributed by atoms with Gasteiger partial charge >= 0.3 is 5.97 Å². The predicted molar refractivity (Wildman–Crippen MR) is 93.2 cm³/mol. The fourth-order valence-corrected chi connectivity index (χ4v) is 3.34. The van der Waals surface area contributed by atoms with E-state index in [1.165, 1.54) is 38.5 Å². The summed E-state index contributed by atoms with van der Waals surface area (Å²) in [6.07, 6.45) is 0. The highest BCUT2D eigenvalue weighted by atomic mass is 16.8. The molecule has 0 saturated carbocycles. The summed E-state index contributed by atoms with van der Waals surface area (Å²) in [5.74, 6) is 0.124. The molecule has 140 valence electrons. The molecule has 1 aliphatic heterocycles. The Labute approximate surface area is 152 Å². The molecule has 0 unspecified atom stereocenters. The summed E-state index contributed by atoms with van der Waals surface area (Å²) in [5.41, 5.74) is -0.0516. The van der Waals surface area contributed by atoms with Gasteiger partial charge in [-0.05, 0) is 18.2 Å². The molecular formula is C18H15NO8. The summed E-state index contributed by atoms with van der Waals surface area (Å²) in [4.78, 5) is 12.4. The second-order valence-corrected chi connectivity index (χ2v) is 5.83. The van der Waals surface area contributed by atoms with Gasteiger partial charge in [-0.15, -0.1) is 5.23 Å². The van der Waals surface area contributed by atoms with Crippen molar-refractivity contribution in [1.82, 2.24) is 0 Å².